The molecule has 0 bridgehead atoms. The standard InChI is InChI=1S/C24H27N5O3/c1-17-16-21(26-18-8-5-4-6-9-18)27-24(25-17)29-14-12-28(13-15-29)23(30)19-10-7-11-20(31-2)22(19)32-3/h4-11,16H,12-15H2,1-3H3,(H,25,26,27). The second kappa shape index (κ2) is 9.55. The number of para-hydroxylation sites is 2. The Bertz CT molecular complexity index is 1080. The molecule has 0 spiro atoms. The van der Waals surface area contributed by atoms with Crippen molar-refractivity contribution in [1.29, 1.82) is 0 Å². The quantitative estimate of drug-likeness (QED) is 0.637. The van der Waals surface area contributed by atoms with Gasteiger partial charge in [-0.3, -0.25) is 4.79 Å². The second-order valence-electron chi connectivity index (χ2n) is 7.51. The Balaban J connectivity index is 1.46. The highest BCUT2D eigenvalue weighted by Gasteiger charge is 2.26. The van der Waals surface area contributed by atoms with Crippen LogP contribution in [0.5, 0.6) is 11.5 Å². The zero-order valence-electron chi connectivity index (χ0n) is 18.5. The van der Waals surface area contributed by atoms with Gasteiger partial charge in [0.15, 0.2) is 11.5 Å². The third kappa shape index (κ3) is 4.59. The SMILES string of the molecule is COc1cccc(C(=O)N2CCN(c3nc(C)cc(Nc4ccccc4)n3)CC2)c1OC. The van der Waals surface area contributed by atoms with Crippen LogP contribution in [0.1, 0.15) is 16.1 Å². The predicted molar refractivity (Wildman–Crippen MR) is 124 cm³/mol. The zero-order valence-corrected chi connectivity index (χ0v) is 18.5. The van der Waals surface area contributed by atoms with Crippen LogP contribution >= 0.6 is 0 Å². The molecule has 1 aromatic heterocycles. The molecule has 8 nitrogen and oxygen atoms in total. The summed E-state index contributed by atoms with van der Waals surface area (Å²) in [5, 5.41) is 3.33. The summed E-state index contributed by atoms with van der Waals surface area (Å²) in [6, 6.07) is 17.2. The van der Waals surface area contributed by atoms with E-state index in [0.29, 0.717) is 49.2 Å². The van der Waals surface area contributed by atoms with Gasteiger partial charge >= 0.3 is 0 Å². The van der Waals surface area contributed by atoms with Crippen LogP contribution in [0.3, 0.4) is 0 Å². The number of aromatic nitrogens is 2. The fourth-order valence-electron chi connectivity index (χ4n) is 3.76. The highest BCUT2D eigenvalue weighted by atomic mass is 16.5. The number of anilines is 3. The van der Waals surface area contributed by atoms with Gasteiger partial charge in [0, 0.05) is 43.6 Å². The molecule has 1 N–H and O–H groups in total. The number of carbonyl (C=O) groups excluding carboxylic acids is 1. The summed E-state index contributed by atoms with van der Waals surface area (Å²) in [6.45, 7) is 4.38. The molecule has 1 aliphatic heterocycles. The Hall–Kier alpha value is -3.81. The van der Waals surface area contributed by atoms with Gasteiger partial charge in [-0.1, -0.05) is 24.3 Å². The molecule has 1 aliphatic rings. The first-order valence-corrected chi connectivity index (χ1v) is 10.5. The smallest absolute Gasteiger partial charge is 0.257 e. The Morgan fingerprint density at radius 1 is 0.938 bits per heavy atom. The van der Waals surface area contributed by atoms with Gasteiger partial charge < -0.3 is 24.6 Å². The van der Waals surface area contributed by atoms with Crippen molar-refractivity contribution in [3.05, 3.63) is 65.9 Å². The van der Waals surface area contributed by atoms with Crippen LogP contribution in [0.15, 0.2) is 54.6 Å². The summed E-state index contributed by atoms with van der Waals surface area (Å²) in [4.78, 5) is 26.4. The number of rotatable bonds is 6. The second-order valence-corrected chi connectivity index (χ2v) is 7.51. The number of benzene rings is 2. The molecule has 2 aromatic carbocycles. The Morgan fingerprint density at radius 3 is 2.38 bits per heavy atom. The van der Waals surface area contributed by atoms with Gasteiger partial charge in [-0.05, 0) is 31.2 Å². The summed E-state index contributed by atoms with van der Waals surface area (Å²) >= 11 is 0. The third-order valence-corrected chi connectivity index (χ3v) is 5.37. The molecule has 1 amide bonds. The Morgan fingerprint density at radius 2 is 1.69 bits per heavy atom. The van der Waals surface area contributed by atoms with Gasteiger partial charge in [0.05, 0.1) is 19.8 Å². The summed E-state index contributed by atoms with van der Waals surface area (Å²) in [5.41, 5.74) is 2.36. The maximum absolute atomic E-state index is 13.1. The molecule has 2 heterocycles. The van der Waals surface area contributed by atoms with E-state index in [1.807, 2.05) is 48.2 Å². The number of ether oxygens (including phenoxy) is 2. The van der Waals surface area contributed by atoms with Crippen LogP contribution in [0, 0.1) is 6.92 Å². The normalized spacial score (nSPS) is 13.6. The number of hydrogen-bond acceptors (Lipinski definition) is 7. The van der Waals surface area contributed by atoms with E-state index in [-0.39, 0.29) is 5.91 Å². The molecule has 4 rings (SSSR count). The van der Waals surface area contributed by atoms with Crippen molar-refractivity contribution in [2.45, 2.75) is 6.92 Å². The molecule has 0 saturated carbocycles. The number of hydrogen-bond donors (Lipinski definition) is 1. The first-order chi connectivity index (χ1) is 15.6. The molecular weight excluding hydrogens is 406 g/mol. The van der Waals surface area contributed by atoms with E-state index >= 15 is 0 Å². The summed E-state index contributed by atoms with van der Waals surface area (Å²) < 4.78 is 10.8. The molecule has 3 aromatic rings. The third-order valence-electron chi connectivity index (χ3n) is 5.37. The lowest BCUT2D eigenvalue weighted by Crippen LogP contribution is -2.49. The number of methoxy groups -OCH3 is 2. The van der Waals surface area contributed by atoms with E-state index in [9.17, 15) is 4.79 Å². The van der Waals surface area contributed by atoms with Crippen molar-refractivity contribution in [3.63, 3.8) is 0 Å². The maximum Gasteiger partial charge on any atom is 0.257 e. The number of carbonyl (C=O) groups is 1. The Labute approximate surface area is 187 Å². The molecule has 0 radical (unpaired) electrons. The number of aryl methyl sites for hydroxylation is 1. The minimum absolute atomic E-state index is 0.0722. The number of nitrogens with zero attached hydrogens (tertiary/aromatic N) is 4. The lowest BCUT2D eigenvalue weighted by atomic mass is 10.1. The first kappa shape index (κ1) is 21.4. The van der Waals surface area contributed by atoms with Crippen LogP contribution in [0.4, 0.5) is 17.5 Å². The summed E-state index contributed by atoms with van der Waals surface area (Å²) in [6.07, 6.45) is 0. The number of piperazine rings is 1. The molecule has 8 heteroatoms. The van der Waals surface area contributed by atoms with Crippen LogP contribution < -0.4 is 19.7 Å². The van der Waals surface area contributed by atoms with Gasteiger partial charge in [-0.15, -0.1) is 0 Å². The molecule has 0 aliphatic carbocycles. The van der Waals surface area contributed by atoms with E-state index in [4.69, 9.17) is 14.5 Å². The van der Waals surface area contributed by atoms with Gasteiger partial charge in [-0.2, -0.15) is 4.98 Å². The van der Waals surface area contributed by atoms with Gasteiger partial charge in [0.2, 0.25) is 5.95 Å². The minimum atomic E-state index is -0.0722. The molecule has 166 valence electrons. The molecular formula is C24H27N5O3. The fourth-order valence-corrected chi connectivity index (χ4v) is 3.76. The monoisotopic (exact) mass is 433 g/mol. The first-order valence-electron chi connectivity index (χ1n) is 10.5. The van der Waals surface area contributed by atoms with E-state index in [1.165, 1.54) is 0 Å². The number of nitrogens with one attached hydrogen (secondary N) is 1. The van der Waals surface area contributed by atoms with Gasteiger partial charge in [0.25, 0.3) is 5.91 Å². The maximum atomic E-state index is 13.1. The van der Waals surface area contributed by atoms with Crippen molar-refractivity contribution < 1.29 is 14.3 Å². The van der Waals surface area contributed by atoms with Crippen LogP contribution in [0.2, 0.25) is 0 Å². The minimum Gasteiger partial charge on any atom is -0.493 e. The largest absolute Gasteiger partial charge is 0.493 e. The zero-order chi connectivity index (χ0) is 22.5. The van der Waals surface area contributed by atoms with Crippen LogP contribution in [0.25, 0.3) is 0 Å². The highest BCUT2D eigenvalue weighted by molar-refractivity contribution is 5.98. The van der Waals surface area contributed by atoms with Crippen molar-refractivity contribution in [3.8, 4) is 11.5 Å². The van der Waals surface area contributed by atoms with E-state index in [2.05, 4.69) is 15.2 Å². The van der Waals surface area contributed by atoms with Crippen LogP contribution in [-0.4, -0.2) is 61.2 Å². The average molecular weight is 434 g/mol. The van der Waals surface area contributed by atoms with Crippen molar-refractivity contribution in [2.24, 2.45) is 0 Å². The fraction of sp³-hybridized carbons (Fsp3) is 0.292. The highest BCUT2D eigenvalue weighted by Crippen LogP contribution is 2.31. The van der Waals surface area contributed by atoms with Crippen molar-refractivity contribution in [2.75, 3.05) is 50.6 Å². The lowest BCUT2D eigenvalue weighted by molar-refractivity contribution is 0.0742. The summed E-state index contributed by atoms with van der Waals surface area (Å²) in [5.74, 6) is 2.34. The number of amides is 1. The van der Waals surface area contributed by atoms with Gasteiger partial charge in [-0.25, -0.2) is 4.98 Å². The molecule has 1 saturated heterocycles. The average Bonchev–Trinajstić information content (AvgIpc) is 2.83. The van der Waals surface area contributed by atoms with Crippen molar-refractivity contribution in [1.82, 2.24) is 14.9 Å². The molecule has 1 fully saturated rings. The summed E-state index contributed by atoms with van der Waals surface area (Å²) in [7, 11) is 3.11. The van der Waals surface area contributed by atoms with Crippen LogP contribution in [-0.2, 0) is 0 Å². The van der Waals surface area contributed by atoms with E-state index in [0.717, 1.165) is 17.2 Å². The molecule has 32 heavy (non-hydrogen) atoms. The Kier molecular flexibility index (Phi) is 6.39. The predicted octanol–water partition coefficient (Wildman–Crippen LogP) is 3.51. The van der Waals surface area contributed by atoms with E-state index < -0.39 is 0 Å². The topological polar surface area (TPSA) is 79.8 Å². The van der Waals surface area contributed by atoms with Gasteiger partial charge in [0.1, 0.15) is 5.82 Å². The molecule has 0 unspecified atom stereocenters. The molecule has 0 atom stereocenters. The lowest BCUT2D eigenvalue weighted by Gasteiger charge is -2.35. The van der Waals surface area contributed by atoms with E-state index in [1.54, 1.807) is 32.4 Å². The van der Waals surface area contributed by atoms with Crippen molar-refractivity contribution >= 4 is 23.4 Å².